The minimum absolute atomic E-state index is 0.100. The van der Waals surface area contributed by atoms with Crippen LogP contribution in [0.25, 0.3) is 110 Å². The van der Waals surface area contributed by atoms with Gasteiger partial charge in [-0.05, 0) is 130 Å². The molecule has 11 rings (SSSR count). The molecule has 0 bridgehead atoms. The lowest BCUT2D eigenvalue weighted by Gasteiger charge is -2.18. The highest BCUT2D eigenvalue weighted by Gasteiger charge is 2.17. The van der Waals surface area contributed by atoms with Crippen molar-refractivity contribution in [2.75, 3.05) is 0 Å². The molecule has 10 aromatic carbocycles. The van der Waals surface area contributed by atoms with E-state index in [-0.39, 0.29) is 10.9 Å². The first-order chi connectivity index (χ1) is 34.2. The van der Waals surface area contributed by atoms with Gasteiger partial charge >= 0.3 is 0 Å². The lowest BCUT2D eigenvalue weighted by molar-refractivity contribution is 0.669. The lowest BCUT2D eigenvalue weighted by atomic mass is 9.85. The van der Waals surface area contributed by atoms with Crippen LogP contribution in [0.4, 0.5) is 0 Å². The van der Waals surface area contributed by atoms with Crippen LogP contribution in [0.5, 0.6) is 0 Å². The molecular formula is C52H32O. The second kappa shape index (κ2) is 11.8. The molecule has 0 aliphatic rings. The van der Waals surface area contributed by atoms with Crippen molar-refractivity contribution >= 4 is 65.0 Å². The van der Waals surface area contributed by atoms with E-state index in [1.165, 1.54) is 0 Å². The summed E-state index contributed by atoms with van der Waals surface area (Å²) < 4.78 is 179. The van der Waals surface area contributed by atoms with Gasteiger partial charge in [0.25, 0.3) is 0 Å². The average Bonchev–Trinajstić information content (AvgIpc) is 3.74. The molecule has 11 aromatic rings. The van der Waals surface area contributed by atoms with Crippen LogP contribution in [0.2, 0.25) is 0 Å². The zero-order valence-corrected chi connectivity index (χ0v) is 27.4. The minimum atomic E-state index is -0.870. The highest BCUT2D eigenvalue weighted by Crippen LogP contribution is 2.44. The minimum Gasteiger partial charge on any atom is -0.456 e. The summed E-state index contributed by atoms with van der Waals surface area (Å²) in [6, 6.07) is 9.73. The predicted molar refractivity (Wildman–Crippen MR) is 225 cm³/mol. The highest BCUT2D eigenvalue weighted by atomic mass is 16.3. The van der Waals surface area contributed by atoms with Crippen LogP contribution in [0.1, 0.15) is 26.0 Å². The Morgan fingerprint density at radius 3 is 1.45 bits per heavy atom. The zero-order valence-electron chi connectivity index (χ0n) is 46.4. The second-order valence-corrected chi connectivity index (χ2v) is 12.6. The standard InChI is InChI=1S/C52H32O/c1-2-11-34(12-3-1)51-43-14-6-8-16-45(43)52(46-17-9-7-15-44(46)51)42-23-22-36-29-38(20-21-39(36)30-42)41-25-27-50-48(32-41)47-31-40(24-26-49(47)53-50)37-19-18-33-10-4-5-13-35(33)28-37/h1-32H/i1D,2D,3D,6D,7D,8D,9D,11D,12D,14D,15D,16D,17D,20D,21D,22D,23D,29D,30D. The monoisotopic (exact) mass is 691 g/mol. The summed E-state index contributed by atoms with van der Waals surface area (Å²) in [5.74, 6) is 0. The van der Waals surface area contributed by atoms with E-state index in [4.69, 9.17) is 16.8 Å². The predicted octanol–water partition coefficient (Wildman–Crippen LogP) is 14.9. The fourth-order valence-electron chi connectivity index (χ4n) is 7.13. The molecule has 0 aliphatic carbocycles. The van der Waals surface area contributed by atoms with Gasteiger partial charge in [0.2, 0.25) is 0 Å². The number of fused-ring (bicyclic) bond motifs is 7. The molecule has 0 unspecified atom stereocenters. The molecule has 0 N–H and O–H groups in total. The first kappa shape index (κ1) is 16.6. The Hall–Kier alpha value is -6.96. The molecule has 0 saturated heterocycles. The van der Waals surface area contributed by atoms with Crippen molar-refractivity contribution in [3.8, 4) is 44.5 Å². The topological polar surface area (TPSA) is 13.1 Å². The van der Waals surface area contributed by atoms with Crippen LogP contribution in [0.3, 0.4) is 0 Å². The first-order valence-corrected chi connectivity index (χ1v) is 16.7. The summed E-state index contributed by atoms with van der Waals surface area (Å²) in [7, 11) is 0. The van der Waals surface area contributed by atoms with Crippen molar-refractivity contribution in [1.82, 2.24) is 0 Å². The van der Waals surface area contributed by atoms with E-state index in [1.807, 2.05) is 54.6 Å². The molecule has 1 heterocycles. The molecule has 1 heteroatoms. The zero-order chi connectivity index (χ0) is 51.4. The average molecular weight is 692 g/mol. The molecule has 0 atom stereocenters. The largest absolute Gasteiger partial charge is 0.456 e. The third-order valence-corrected chi connectivity index (χ3v) is 9.59. The number of hydrogen-bond acceptors (Lipinski definition) is 1. The van der Waals surface area contributed by atoms with Crippen LogP contribution in [0, 0.1) is 0 Å². The van der Waals surface area contributed by atoms with Crippen LogP contribution in [-0.2, 0) is 0 Å². The van der Waals surface area contributed by atoms with E-state index in [9.17, 15) is 13.7 Å². The quantitative estimate of drug-likeness (QED) is 0.167. The third-order valence-electron chi connectivity index (χ3n) is 9.59. The number of hydrogen-bond donors (Lipinski definition) is 0. The Morgan fingerprint density at radius 1 is 0.321 bits per heavy atom. The van der Waals surface area contributed by atoms with Crippen molar-refractivity contribution in [3.05, 3.63) is 194 Å². The summed E-state index contributed by atoms with van der Waals surface area (Å²) in [6.45, 7) is 0. The number of furan rings is 1. The summed E-state index contributed by atoms with van der Waals surface area (Å²) in [6.07, 6.45) is 0. The van der Waals surface area contributed by atoms with Gasteiger partial charge in [-0.15, -0.1) is 0 Å². The van der Waals surface area contributed by atoms with Gasteiger partial charge < -0.3 is 4.42 Å². The van der Waals surface area contributed by atoms with Crippen LogP contribution in [-0.4, -0.2) is 0 Å². The smallest absolute Gasteiger partial charge is 0.135 e. The van der Waals surface area contributed by atoms with Gasteiger partial charge in [0.05, 0.1) is 26.0 Å². The Balaban J connectivity index is 1.22. The van der Waals surface area contributed by atoms with E-state index in [2.05, 4.69) is 6.07 Å². The van der Waals surface area contributed by atoms with E-state index >= 15 is 0 Å². The molecule has 0 aliphatic heterocycles. The molecule has 1 aromatic heterocycles. The van der Waals surface area contributed by atoms with Crippen molar-refractivity contribution in [2.24, 2.45) is 0 Å². The van der Waals surface area contributed by atoms with Crippen LogP contribution >= 0.6 is 0 Å². The molecule has 53 heavy (non-hydrogen) atoms. The second-order valence-electron chi connectivity index (χ2n) is 12.6. The molecule has 0 fully saturated rings. The number of rotatable bonds is 4. The van der Waals surface area contributed by atoms with E-state index in [1.54, 1.807) is 18.2 Å². The molecule has 1 nitrogen and oxygen atoms in total. The summed E-state index contributed by atoms with van der Waals surface area (Å²) in [4.78, 5) is 0. The van der Waals surface area contributed by atoms with Gasteiger partial charge in [0.1, 0.15) is 11.2 Å². The van der Waals surface area contributed by atoms with Gasteiger partial charge in [0, 0.05) is 10.8 Å². The maximum Gasteiger partial charge on any atom is 0.135 e. The van der Waals surface area contributed by atoms with Crippen molar-refractivity contribution in [3.63, 3.8) is 0 Å². The maximum absolute atomic E-state index is 9.78. The van der Waals surface area contributed by atoms with Gasteiger partial charge in [0.15, 0.2) is 0 Å². The maximum atomic E-state index is 9.78. The Morgan fingerprint density at radius 2 is 0.811 bits per heavy atom. The van der Waals surface area contributed by atoms with Gasteiger partial charge in [-0.3, -0.25) is 0 Å². The molecule has 0 radical (unpaired) electrons. The summed E-state index contributed by atoms with van der Waals surface area (Å²) in [5.41, 5.74) is 0.693. The van der Waals surface area contributed by atoms with Gasteiger partial charge in [-0.2, -0.15) is 0 Å². The first-order valence-electron chi connectivity index (χ1n) is 26.2. The summed E-state index contributed by atoms with van der Waals surface area (Å²) in [5, 5.41) is 0.330. The van der Waals surface area contributed by atoms with E-state index < -0.39 is 164 Å². The van der Waals surface area contributed by atoms with E-state index in [0.717, 1.165) is 27.3 Å². The highest BCUT2D eigenvalue weighted by molar-refractivity contribution is 6.21. The van der Waals surface area contributed by atoms with Crippen LogP contribution in [0.15, 0.2) is 198 Å². The SMILES string of the molecule is [2H]c1c([2H])c([2H])c(-c2c3c([2H])c([2H])c([2H])c([2H])c3c(-c3c([2H])c([2H])c4c([2H])c(-c5ccc6oc7ccc(-c8ccc9ccccc9c8)cc7c6c5)c([2H])c([2H])c4c3[2H])c3c([2H])c([2H])c([2H])c([2H])c23)c([2H])c1[2H]. The Kier molecular flexibility index (Phi) is 3.69. The fraction of sp³-hybridized carbons (Fsp3) is 0. The normalized spacial score (nSPS) is 16.8. The van der Waals surface area contributed by atoms with E-state index in [0.29, 0.717) is 22.1 Å². The Labute approximate surface area is 333 Å². The molecule has 0 spiro atoms. The fourth-order valence-corrected chi connectivity index (χ4v) is 7.13. The van der Waals surface area contributed by atoms with Crippen molar-refractivity contribution in [1.29, 1.82) is 0 Å². The van der Waals surface area contributed by atoms with Crippen molar-refractivity contribution < 1.29 is 30.5 Å². The third kappa shape index (κ3) is 4.86. The van der Waals surface area contributed by atoms with Crippen molar-refractivity contribution in [2.45, 2.75) is 0 Å². The summed E-state index contributed by atoms with van der Waals surface area (Å²) >= 11 is 0. The molecular weight excluding hydrogens is 641 g/mol. The van der Waals surface area contributed by atoms with Gasteiger partial charge in [-0.25, -0.2) is 0 Å². The van der Waals surface area contributed by atoms with Gasteiger partial charge in [-0.1, -0.05) is 151 Å². The number of benzene rings is 10. The molecule has 0 saturated carbocycles. The van der Waals surface area contributed by atoms with Crippen LogP contribution < -0.4 is 0 Å². The Bertz CT molecular complexity index is 4220. The molecule has 0 amide bonds. The molecule has 246 valence electrons. The lowest BCUT2D eigenvalue weighted by Crippen LogP contribution is -1.90.